The van der Waals surface area contributed by atoms with Crippen LogP contribution in [-0.4, -0.2) is 10.2 Å². The van der Waals surface area contributed by atoms with Gasteiger partial charge in [0.1, 0.15) is 11.5 Å². The van der Waals surface area contributed by atoms with Crippen LogP contribution >= 0.6 is 0 Å². The molecule has 3 rings (SSSR count). The third-order valence-electron chi connectivity index (χ3n) is 4.27. The van der Waals surface area contributed by atoms with Crippen LogP contribution in [0, 0.1) is 6.92 Å². The second kappa shape index (κ2) is 6.17. The third kappa shape index (κ3) is 2.57. The van der Waals surface area contributed by atoms with Crippen LogP contribution < -0.4 is 0 Å². The molecule has 3 aromatic rings. The molecule has 3 aromatic carbocycles. The van der Waals surface area contributed by atoms with Crippen LogP contribution in [0.3, 0.4) is 0 Å². The van der Waals surface area contributed by atoms with Crippen molar-refractivity contribution >= 4 is 0 Å². The smallest absolute Gasteiger partial charge is 0.130 e. The first kappa shape index (κ1) is 15.2. The van der Waals surface area contributed by atoms with E-state index in [4.69, 9.17) is 0 Å². The molecule has 0 saturated carbocycles. The summed E-state index contributed by atoms with van der Waals surface area (Å²) in [5.41, 5.74) is 5.01. The molecular formula is C21H20O2. The molecule has 0 unspecified atom stereocenters. The molecule has 0 spiro atoms. The van der Waals surface area contributed by atoms with Crippen molar-refractivity contribution in [2.75, 3.05) is 0 Å². The average Bonchev–Trinajstić information content (AvgIpc) is 2.61. The van der Waals surface area contributed by atoms with Gasteiger partial charge in [-0.15, -0.1) is 0 Å². The molecule has 0 aliphatic rings. The lowest BCUT2D eigenvalue weighted by Gasteiger charge is -2.20. The average molecular weight is 304 g/mol. The first-order valence-corrected chi connectivity index (χ1v) is 7.83. The zero-order chi connectivity index (χ0) is 16.4. The van der Waals surface area contributed by atoms with Crippen LogP contribution in [-0.2, 0) is 6.42 Å². The summed E-state index contributed by atoms with van der Waals surface area (Å²) < 4.78 is 0. The van der Waals surface area contributed by atoms with E-state index in [9.17, 15) is 10.2 Å². The van der Waals surface area contributed by atoms with Crippen molar-refractivity contribution in [2.45, 2.75) is 20.3 Å². The molecule has 116 valence electrons. The number of benzene rings is 3. The number of phenolic OH excluding ortho intramolecular Hbond substituents is 2. The van der Waals surface area contributed by atoms with Crippen LogP contribution in [0.15, 0.2) is 60.7 Å². The quantitative estimate of drug-likeness (QED) is 0.689. The van der Waals surface area contributed by atoms with Gasteiger partial charge in [0.2, 0.25) is 0 Å². The van der Waals surface area contributed by atoms with Crippen LogP contribution in [0.1, 0.15) is 18.1 Å². The number of aromatic hydroxyl groups is 2. The van der Waals surface area contributed by atoms with E-state index in [1.54, 1.807) is 6.92 Å². The summed E-state index contributed by atoms with van der Waals surface area (Å²) in [6, 6.07) is 19.7. The van der Waals surface area contributed by atoms with Gasteiger partial charge in [-0.05, 0) is 30.0 Å². The molecule has 2 N–H and O–H groups in total. The monoisotopic (exact) mass is 304 g/mol. The molecule has 0 aromatic heterocycles. The van der Waals surface area contributed by atoms with E-state index in [1.807, 2.05) is 67.6 Å². The van der Waals surface area contributed by atoms with E-state index in [0.29, 0.717) is 5.56 Å². The molecule has 0 bridgehead atoms. The molecule has 0 aliphatic carbocycles. The van der Waals surface area contributed by atoms with E-state index in [-0.39, 0.29) is 11.5 Å². The molecule has 0 heterocycles. The molecule has 2 nitrogen and oxygen atoms in total. The van der Waals surface area contributed by atoms with Crippen molar-refractivity contribution < 1.29 is 10.2 Å². The number of hydrogen-bond acceptors (Lipinski definition) is 2. The SMILES string of the molecule is CCc1c(-c2ccccc2)c(O)c(C)c(O)c1-c1ccccc1. The normalized spacial score (nSPS) is 10.7. The third-order valence-corrected chi connectivity index (χ3v) is 4.27. The van der Waals surface area contributed by atoms with Crippen LogP contribution in [0.5, 0.6) is 11.5 Å². The number of hydrogen-bond donors (Lipinski definition) is 2. The highest BCUT2D eigenvalue weighted by Gasteiger charge is 2.22. The fourth-order valence-corrected chi connectivity index (χ4v) is 3.08. The second-order valence-electron chi connectivity index (χ2n) is 5.64. The predicted molar refractivity (Wildman–Crippen MR) is 94.8 cm³/mol. The Hall–Kier alpha value is -2.74. The molecule has 0 radical (unpaired) electrons. The van der Waals surface area contributed by atoms with Gasteiger partial charge in [0.25, 0.3) is 0 Å². The number of phenols is 2. The number of rotatable bonds is 3. The molecule has 0 fully saturated rings. The highest BCUT2D eigenvalue weighted by molar-refractivity contribution is 5.88. The van der Waals surface area contributed by atoms with Gasteiger partial charge in [-0.2, -0.15) is 0 Å². The highest BCUT2D eigenvalue weighted by atomic mass is 16.3. The van der Waals surface area contributed by atoms with Crippen LogP contribution in [0.2, 0.25) is 0 Å². The van der Waals surface area contributed by atoms with E-state index >= 15 is 0 Å². The minimum absolute atomic E-state index is 0.158. The van der Waals surface area contributed by atoms with E-state index in [2.05, 4.69) is 0 Å². The standard InChI is InChI=1S/C21H20O2/c1-3-17-18(15-10-6-4-7-11-15)20(22)14(2)21(23)19(17)16-12-8-5-9-13-16/h4-13,22-23H,3H2,1-2H3. The Morgan fingerprint density at radius 2 is 1.09 bits per heavy atom. The summed E-state index contributed by atoms with van der Waals surface area (Å²) >= 11 is 0. The van der Waals surface area contributed by atoms with Crippen molar-refractivity contribution in [2.24, 2.45) is 0 Å². The fourth-order valence-electron chi connectivity index (χ4n) is 3.08. The molecule has 0 atom stereocenters. The van der Waals surface area contributed by atoms with Crippen molar-refractivity contribution in [3.63, 3.8) is 0 Å². The van der Waals surface area contributed by atoms with Crippen LogP contribution in [0.25, 0.3) is 22.3 Å². The van der Waals surface area contributed by atoms with Gasteiger partial charge in [-0.1, -0.05) is 67.6 Å². The molecule has 0 aliphatic heterocycles. The van der Waals surface area contributed by atoms with Crippen molar-refractivity contribution in [1.82, 2.24) is 0 Å². The second-order valence-corrected chi connectivity index (χ2v) is 5.64. The summed E-state index contributed by atoms with van der Waals surface area (Å²) in [5.74, 6) is 0.315. The van der Waals surface area contributed by atoms with Crippen molar-refractivity contribution in [3.8, 4) is 33.8 Å². The fraction of sp³-hybridized carbons (Fsp3) is 0.143. The predicted octanol–water partition coefficient (Wildman–Crippen LogP) is 5.30. The molecule has 23 heavy (non-hydrogen) atoms. The van der Waals surface area contributed by atoms with Crippen LogP contribution in [0.4, 0.5) is 0 Å². The van der Waals surface area contributed by atoms with Gasteiger partial charge in [0, 0.05) is 16.7 Å². The van der Waals surface area contributed by atoms with Gasteiger partial charge < -0.3 is 10.2 Å². The summed E-state index contributed by atoms with van der Waals surface area (Å²) in [5, 5.41) is 21.3. The molecular weight excluding hydrogens is 284 g/mol. The zero-order valence-electron chi connectivity index (χ0n) is 13.4. The Kier molecular flexibility index (Phi) is 4.07. The molecule has 0 saturated heterocycles. The van der Waals surface area contributed by atoms with Gasteiger partial charge in [0.05, 0.1) is 0 Å². The zero-order valence-corrected chi connectivity index (χ0v) is 13.4. The van der Waals surface area contributed by atoms with Gasteiger partial charge in [0.15, 0.2) is 0 Å². The lowest BCUT2D eigenvalue weighted by Crippen LogP contribution is -1.97. The topological polar surface area (TPSA) is 40.5 Å². The Bertz CT molecular complexity index is 755. The summed E-state index contributed by atoms with van der Waals surface area (Å²) in [7, 11) is 0. The summed E-state index contributed by atoms with van der Waals surface area (Å²) in [6.07, 6.45) is 0.718. The maximum absolute atomic E-state index is 10.7. The largest absolute Gasteiger partial charge is 0.507 e. The maximum atomic E-state index is 10.7. The summed E-state index contributed by atoms with van der Waals surface area (Å²) in [6.45, 7) is 3.80. The Morgan fingerprint density at radius 3 is 1.43 bits per heavy atom. The van der Waals surface area contributed by atoms with E-state index < -0.39 is 0 Å². The van der Waals surface area contributed by atoms with Gasteiger partial charge in [-0.3, -0.25) is 0 Å². The first-order chi connectivity index (χ1) is 11.1. The molecule has 2 heteroatoms. The van der Waals surface area contributed by atoms with E-state index in [1.165, 1.54) is 0 Å². The first-order valence-electron chi connectivity index (χ1n) is 7.83. The lowest BCUT2D eigenvalue weighted by molar-refractivity contribution is 0.445. The van der Waals surface area contributed by atoms with E-state index in [0.717, 1.165) is 34.2 Å². The van der Waals surface area contributed by atoms with Crippen molar-refractivity contribution in [3.05, 3.63) is 71.8 Å². The Labute approximate surface area is 136 Å². The Balaban J connectivity index is 2.40. The Morgan fingerprint density at radius 1 is 0.696 bits per heavy atom. The minimum Gasteiger partial charge on any atom is -0.507 e. The van der Waals surface area contributed by atoms with Crippen molar-refractivity contribution in [1.29, 1.82) is 0 Å². The highest BCUT2D eigenvalue weighted by Crippen LogP contribution is 2.47. The molecule has 0 amide bonds. The maximum Gasteiger partial charge on any atom is 0.130 e. The minimum atomic E-state index is 0.158. The van der Waals surface area contributed by atoms with Gasteiger partial charge >= 0.3 is 0 Å². The van der Waals surface area contributed by atoms with Gasteiger partial charge in [-0.25, -0.2) is 0 Å². The lowest BCUT2D eigenvalue weighted by atomic mass is 9.86. The summed E-state index contributed by atoms with van der Waals surface area (Å²) in [4.78, 5) is 0.